The summed E-state index contributed by atoms with van der Waals surface area (Å²) in [5.41, 5.74) is 6.62. The molecule has 1 aliphatic rings. The van der Waals surface area contributed by atoms with Crippen LogP contribution in [0.3, 0.4) is 0 Å². The van der Waals surface area contributed by atoms with Crippen LogP contribution in [-0.2, 0) is 0 Å². The van der Waals surface area contributed by atoms with E-state index >= 15 is 0 Å². The molecule has 0 aliphatic heterocycles. The number of nitrogens with two attached hydrogens (primary N) is 1. The molecule has 4 unspecified atom stereocenters. The molecule has 0 amide bonds. The minimum absolute atomic E-state index is 0.366. The van der Waals surface area contributed by atoms with Crippen molar-refractivity contribution >= 4 is 11.8 Å². The van der Waals surface area contributed by atoms with E-state index in [9.17, 15) is 0 Å². The summed E-state index contributed by atoms with van der Waals surface area (Å²) in [4.78, 5) is 2.56. The van der Waals surface area contributed by atoms with Gasteiger partial charge >= 0.3 is 0 Å². The molecule has 114 valence electrons. The van der Waals surface area contributed by atoms with Gasteiger partial charge in [0.05, 0.1) is 0 Å². The second-order valence-electron chi connectivity index (χ2n) is 7.12. The van der Waals surface area contributed by atoms with Crippen LogP contribution >= 0.6 is 11.8 Å². The molecule has 1 fully saturated rings. The number of rotatable bonds is 6. The minimum Gasteiger partial charge on any atom is -0.327 e. The Labute approximate surface area is 124 Å². The highest BCUT2D eigenvalue weighted by Crippen LogP contribution is 2.44. The fourth-order valence-electron chi connectivity index (χ4n) is 3.30. The van der Waals surface area contributed by atoms with Crippen molar-refractivity contribution in [2.45, 2.75) is 59.0 Å². The van der Waals surface area contributed by atoms with Crippen LogP contribution in [0.4, 0.5) is 0 Å². The van der Waals surface area contributed by atoms with Crippen molar-refractivity contribution in [3.63, 3.8) is 0 Å². The lowest BCUT2D eigenvalue weighted by molar-refractivity contribution is 0.0267. The van der Waals surface area contributed by atoms with Gasteiger partial charge in [0.25, 0.3) is 0 Å². The van der Waals surface area contributed by atoms with Gasteiger partial charge in [0.1, 0.15) is 0 Å². The average molecular weight is 287 g/mol. The second kappa shape index (κ2) is 7.33. The highest BCUT2D eigenvalue weighted by molar-refractivity contribution is 7.98. The normalized spacial score (nSPS) is 32.5. The van der Waals surface area contributed by atoms with E-state index in [1.54, 1.807) is 0 Å². The Kier molecular flexibility index (Phi) is 6.68. The predicted molar refractivity (Wildman–Crippen MR) is 88.7 cm³/mol. The third-order valence-electron chi connectivity index (χ3n) is 5.72. The molecule has 1 rings (SSSR count). The van der Waals surface area contributed by atoms with Crippen LogP contribution in [0, 0.1) is 17.3 Å². The van der Waals surface area contributed by atoms with Gasteiger partial charge < -0.3 is 10.6 Å². The quantitative estimate of drug-likeness (QED) is 0.811. The Morgan fingerprint density at radius 1 is 1.37 bits per heavy atom. The van der Waals surface area contributed by atoms with Gasteiger partial charge in [-0.05, 0) is 62.5 Å². The highest BCUT2D eigenvalue weighted by atomic mass is 32.2. The predicted octanol–water partition coefficient (Wildman–Crippen LogP) is 3.46. The van der Waals surface area contributed by atoms with E-state index in [1.807, 2.05) is 11.8 Å². The molecule has 0 aromatic heterocycles. The zero-order valence-electron chi connectivity index (χ0n) is 13.8. The molecule has 4 atom stereocenters. The molecule has 0 radical (unpaired) electrons. The van der Waals surface area contributed by atoms with E-state index in [1.165, 1.54) is 31.6 Å². The molecule has 2 N–H and O–H groups in total. The first-order valence-corrected chi connectivity index (χ1v) is 9.14. The molecule has 0 spiro atoms. The summed E-state index contributed by atoms with van der Waals surface area (Å²) in [5, 5.41) is 0. The lowest BCUT2D eigenvalue weighted by Crippen LogP contribution is -2.50. The zero-order chi connectivity index (χ0) is 14.6. The molecule has 0 heterocycles. The first-order chi connectivity index (χ1) is 8.80. The Hall–Kier alpha value is 0.270. The topological polar surface area (TPSA) is 29.3 Å². The van der Waals surface area contributed by atoms with Crippen LogP contribution < -0.4 is 5.73 Å². The van der Waals surface area contributed by atoms with Crippen molar-refractivity contribution in [2.75, 3.05) is 25.6 Å². The van der Waals surface area contributed by atoms with Crippen molar-refractivity contribution in [2.24, 2.45) is 23.0 Å². The number of hydrogen-bond acceptors (Lipinski definition) is 3. The molecular formula is C16H34N2S. The summed E-state index contributed by atoms with van der Waals surface area (Å²) in [5.74, 6) is 2.67. The Morgan fingerprint density at radius 2 is 2.00 bits per heavy atom. The SMILES string of the molecule is CSCCC(C)N(C)CC1CCC(N)C(C)C1(C)C. The van der Waals surface area contributed by atoms with Gasteiger partial charge in [-0.15, -0.1) is 0 Å². The van der Waals surface area contributed by atoms with Gasteiger partial charge in [-0.2, -0.15) is 11.8 Å². The van der Waals surface area contributed by atoms with Crippen molar-refractivity contribution in [3.8, 4) is 0 Å². The molecule has 1 aliphatic carbocycles. The molecule has 0 bridgehead atoms. The van der Waals surface area contributed by atoms with Crippen molar-refractivity contribution in [1.82, 2.24) is 4.90 Å². The standard InChI is InChI=1S/C16H34N2S/c1-12(9-10-19-6)18(5)11-14-7-8-15(17)13(2)16(14,3)4/h12-15H,7-11,17H2,1-6H3. The number of hydrogen-bond donors (Lipinski definition) is 1. The van der Waals surface area contributed by atoms with E-state index in [4.69, 9.17) is 5.73 Å². The highest BCUT2D eigenvalue weighted by Gasteiger charge is 2.41. The molecule has 0 aromatic carbocycles. The van der Waals surface area contributed by atoms with Crippen molar-refractivity contribution in [3.05, 3.63) is 0 Å². The third-order valence-corrected chi connectivity index (χ3v) is 6.36. The van der Waals surface area contributed by atoms with Crippen LogP contribution in [0.25, 0.3) is 0 Å². The van der Waals surface area contributed by atoms with E-state index in [2.05, 4.69) is 45.9 Å². The third kappa shape index (κ3) is 4.37. The van der Waals surface area contributed by atoms with Gasteiger partial charge in [0.2, 0.25) is 0 Å². The van der Waals surface area contributed by atoms with Crippen LogP contribution in [-0.4, -0.2) is 42.6 Å². The molecule has 0 aromatic rings. The Morgan fingerprint density at radius 3 is 2.58 bits per heavy atom. The molecule has 0 saturated heterocycles. The number of nitrogens with zero attached hydrogens (tertiary/aromatic N) is 1. The summed E-state index contributed by atoms with van der Waals surface area (Å²) in [6.07, 6.45) is 5.97. The van der Waals surface area contributed by atoms with Crippen molar-refractivity contribution < 1.29 is 0 Å². The fraction of sp³-hybridized carbons (Fsp3) is 1.00. The summed E-state index contributed by atoms with van der Waals surface area (Å²) in [6.45, 7) is 10.8. The summed E-state index contributed by atoms with van der Waals surface area (Å²) in [6, 6.07) is 1.08. The molecule has 3 heteroatoms. The molecule has 2 nitrogen and oxygen atoms in total. The second-order valence-corrected chi connectivity index (χ2v) is 8.10. The van der Waals surface area contributed by atoms with Gasteiger partial charge in [0, 0.05) is 18.6 Å². The van der Waals surface area contributed by atoms with E-state index in [0.29, 0.717) is 23.4 Å². The zero-order valence-corrected chi connectivity index (χ0v) is 14.6. The molecule has 19 heavy (non-hydrogen) atoms. The fourth-order valence-corrected chi connectivity index (χ4v) is 3.88. The summed E-state index contributed by atoms with van der Waals surface area (Å²) in [7, 11) is 2.29. The van der Waals surface area contributed by atoms with E-state index in [-0.39, 0.29) is 0 Å². The lowest BCUT2D eigenvalue weighted by Gasteiger charge is -2.48. The van der Waals surface area contributed by atoms with Gasteiger partial charge in [-0.3, -0.25) is 0 Å². The largest absolute Gasteiger partial charge is 0.327 e. The monoisotopic (exact) mass is 286 g/mol. The smallest absolute Gasteiger partial charge is 0.00718 e. The number of thioether (sulfide) groups is 1. The Balaban J connectivity index is 2.55. The molecular weight excluding hydrogens is 252 g/mol. The average Bonchev–Trinajstić information content (AvgIpc) is 2.37. The maximum absolute atomic E-state index is 6.26. The van der Waals surface area contributed by atoms with Gasteiger partial charge in [0.15, 0.2) is 0 Å². The van der Waals surface area contributed by atoms with Gasteiger partial charge in [-0.25, -0.2) is 0 Å². The lowest BCUT2D eigenvalue weighted by atomic mass is 9.61. The first-order valence-electron chi connectivity index (χ1n) is 7.75. The minimum atomic E-state index is 0.366. The maximum atomic E-state index is 6.26. The summed E-state index contributed by atoms with van der Waals surface area (Å²) >= 11 is 1.95. The van der Waals surface area contributed by atoms with Gasteiger partial charge in [-0.1, -0.05) is 20.8 Å². The van der Waals surface area contributed by atoms with Crippen LogP contribution in [0.1, 0.15) is 47.0 Å². The van der Waals surface area contributed by atoms with E-state index < -0.39 is 0 Å². The van der Waals surface area contributed by atoms with Crippen LogP contribution in [0.5, 0.6) is 0 Å². The van der Waals surface area contributed by atoms with Crippen molar-refractivity contribution in [1.29, 1.82) is 0 Å². The van der Waals surface area contributed by atoms with E-state index in [0.717, 1.165) is 5.92 Å². The summed E-state index contributed by atoms with van der Waals surface area (Å²) < 4.78 is 0. The first kappa shape index (κ1) is 17.3. The maximum Gasteiger partial charge on any atom is 0.00718 e. The Bertz CT molecular complexity index is 267. The molecule has 1 saturated carbocycles. The van der Waals surface area contributed by atoms with Crippen LogP contribution in [0.15, 0.2) is 0 Å². The van der Waals surface area contributed by atoms with Crippen LogP contribution in [0.2, 0.25) is 0 Å².